The van der Waals surface area contributed by atoms with Crippen molar-refractivity contribution in [2.45, 2.75) is 12.5 Å². The molecule has 0 spiro atoms. The van der Waals surface area contributed by atoms with Crippen molar-refractivity contribution in [1.82, 2.24) is 0 Å². The molecule has 0 aromatic heterocycles. The van der Waals surface area contributed by atoms with Crippen molar-refractivity contribution >= 4 is 27.5 Å². The first kappa shape index (κ1) is 9.04. The minimum absolute atomic E-state index is 0.0312. The Labute approximate surface area is 79.1 Å². The molecule has 0 heterocycles. The highest BCUT2D eigenvalue weighted by molar-refractivity contribution is 9.10. The molecule has 0 aliphatic carbocycles. The summed E-state index contributed by atoms with van der Waals surface area (Å²) in [5, 5.41) is 8.94. The first-order valence-electron chi connectivity index (χ1n) is 3.22. The molecule has 1 N–H and O–H groups in total. The highest BCUT2D eigenvalue weighted by Crippen LogP contribution is 2.21. The zero-order valence-corrected chi connectivity index (χ0v) is 8.19. The van der Waals surface area contributed by atoms with Gasteiger partial charge >= 0.3 is 0 Å². The summed E-state index contributed by atoms with van der Waals surface area (Å²) in [4.78, 5) is 0. The van der Waals surface area contributed by atoms with Gasteiger partial charge in [-0.3, -0.25) is 0 Å². The monoisotopic (exact) mass is 234 g/mol. The third kappa shape index (κ3) is 1.95. The van der Waals surface area contributed by atoms with E-state index in [2.05, 4.69) is 15.9 Å². The lowest BCUT2D eigenvalue weighted by molar-refractivity contribution is 0.280. The Bertz CT molecular complexity index is 250. The minimum atomic E-state index is 0.0312. The van der Waals surface area contributed by atoms with E-state index in [9.17, 15) is 0 Å². The first-order chi connectivity index (χ1) is 5.29. The van der Waals surface area contributed by atoms with Crippen molar-refractivity contribution in [1.29, 1.82) is 0 Å². The zero-order chi connectivity index (χ0) is 8.27. The molecular weight excluding hydrogens is 227 g/mol. The van der Waals surface area contributed by atoms with Crippen LogP contribution in [0.4, 0.5) is 0 Å². The van der Waals surface area contributed by atoms with Gasteiger partial charge in [0.15, 0.2) is 0 Å². The molecule has 1 aromatic carbocycles. The summed E-state index contributed by atoms with van der Waals surface area (Å²) in [5.74, 6) is 0.440. The summed E-state index contributed by atoms with van der Waals surface area (Å²) in [6.07, 6.45) is 0. The van der Waals surface area contributed by atoms with E-state index < -0.39 is 0 Å². The lowest BCUT2D eigenvalue weighted by Crippen LogP contribution is -1.91. The molecule has 11 heavy (non-hydrogen) atoms. The van der Waals surface area contributed by atoms with Gasteiger partial charge in [-0.1, -0.05) is 28.1 Å². The largest absolute Gasteiger partial charge is 0.392 e. The SMILES string of the molecule is OCc1c(Br)cccc1CCl. The third-order valence-corrected chi connectivity index (χ3v) is 2.55. The van der Waals surface area contributed by atoms with Crippen LogP contribution in [0.25, 0.3) is 0 Å². The predicted molar refractivity (Wildman–Crippen MR) is 49.6 cm³/mol. The normalized spacial score (nSPS) is 10.1. The highest BCUT2D eigenvalue weighted by Gasteiger charge is 2.02. The third-order valence-electron chi connectivity index (χ3n) is 1.52. The van der Waals surface area contributed by atoms with Gasteiger partial charge in [0.05, 0.1) is 6.61 Å². The lowest BCUT2D eigenvalue weighted by Gasteiger charge is -2.05. The quantitative estimate of drug-likeness (QED) is 0.782. The number of aliphatic hydroxyl groups is 1. The number of benzene rings is 1. The van der Waals surface area contributed by atoms with Gasteiger partial charge in [0.25, 0.3) is 0 Å². The van der Waals surface area contributed by atoms with Gasteiger partial charge in [0.1, 0.15) is 0 Å². The van der Waals surface area contributed by atoms with E-state index in [1.807, 2.05) is 18.2 Å². The van der Waals surface area contributed by atoms with Crippen LogP contribution in [0.15, 0.2) is 22.7 Å². The molecule has 0 aliphatic rings. The fourth-order valence-corrected chi connectivity index (χ4v) is 1.69. The topological polar surface area (TPSA) is 20.2 Å². The van der Waals surface area contributed by atoms with Crippen LogP contribution in [-0.2, 0) is 12.5 Å². The standard InChI is InChI=1S/C8H8BrClO/c9-8-3-1-2-6(4-10)7(8)5-11/h1-3,11H,4-5H2. The van der Waals surface area contributed by atoms with Crippen molar-refractivity contribution < 1.29 is 5.11 Å². The Balaban J connectivity index is 3.13. The van der Waals surface area contributed by atoms with Gasteiger partial charge in [0, 0.05) is 10.4 Å². The van der Waals surface area contributed by atoms with E-state index in [0.29, 0.717) is 5.88 Å². The average molecular weight is 236 g/mol. The van der Waals surface area contributed by atoms with E-state index in [1.54, 1.807) is 0 Å². The zero-order valence-electron chi connectivity index (χ0n) is 5.85. The van der Waals surface area contributed by atoms with E-state index >= 15 is 0 Å². The van der Waals surface area contributed by atoms with Crippen molar-refractivity contribution in [3.63, 3.8) is 0 Å². The van der Waals surface area contributed by atoms with Crippen LogP contribution in [0.2, 0.25) is 0 Å². The fourth-order valence-electron chi connectivity index (χ4n) is 0.906. The summed E-state index contributed by atoms with van der Waals surface area (Å²) < 4.78 is 0.915. The molecule has 0 radical (unpaired) electrons. The summed E-state index contributed by atoms with van der Waals surface area (Å²) in [6.45, 7) is 0.0312. The molecule has 0 amide bonds. The van der Waals surface area contributed by atoms with Crippen molar-refractivity contribution in [2.75, 3.05) is 0 Å². The predicted octanol–water partition coefficient (Wildman–Crippen LogP) is 2.68. The smallest absolute Gasteiger partial charge is 0.0695 e. The second-order valence-corrected chi connectivity index (χ2v) is 3.29. The minimum Gasteiger partial charge on any atom is -0.392 e. The summed E-state index contributed by atoms with van der Waals surface area (Å²) in [5.41, 5.74) is 1.85. The molecular formula is C8H8BrClO. The average Bonchev–Trinajstić information content (AvgIpc) is 2.04. The molecule has 0 aliphatic heterocycles. The molecule has 0 saturated heterocycles. The number of halogens is 2. The van der Waals surface area contributed by atoms with Crippen LogP contribution >= 0.6 is 27.5 Å². The summed E-state index contributed by atoms with van der Waals surface area (Å²) in [7, 11) is 0. The van der Waals surface area contributed by atoms with Crippen LogP contribution in [0.5, 0.6) is 0 Å². The Morgan fingerprint density at radius 2 is 2.18 bits per heavy atom. The maximum absolute atomic E-state index is 8.94. The molecule has 1 nitrogen and oxygen atoms in total. The number of rotatable bonds is 2. The lowest BCUT2D eigenvalue weighted by atomic mass is 10.1. The van der Waals surface area contributed by atoms with Gasteiger partial charge in [-0.05, 0) is 17.2 Å². The molecule has 0 fully saturated rings. The van der Waals surface area contributed by atoms with Crippen LogP contribution in [0, 0.1) is 0 Å². The summed E-state index contributed by atoms with van der Waals surface area (Å²) >= 11 is 8.98. The molecule has 0 atom stereocenters. The van der Waals surface area contributed by atoms with Gasteiger partial charge in [0.2, 0.25) is 0 Å². The molecule has 60 valence electrons. The van der Waals surface area contributed by atoms with E-state index in [-0.39, 0.29) is 6.61 Å². The number of hydrogen-bond acceptors (Lipinski definition) is 1. The number of alkyl halides is 1. The molecule has 0 saturated carbocycles. The second-order valence-electron chi connectivity index (χ2n) is 2.17. The Morgan fingerprint density at radius 3 is 2.64 bits per heavy atom. The van der Waals surface area contributed by atoms with Crippen molar-refractivity contribution in [3.05, 3.63) is 33.8 Å². The summed E-state index contributed by atoms with van der Waals surface area (Å²) in [6, 6.07) is 5.70. The second kappa shape index (κ2) is 4.10. The van der Waals surface area contributed by atoms with E-state index in [0.717, 1.165) is 15.6 Å². The van der Waals surface area contributed by atoms with E-state index in [4.69, 9.17) is 16.7 Å². The first-order valence-corrected chi connectivity index (χ1v) is 4.55. The molecule has 3 heteroatoms. The maximum Gasteiger partial charge on any atom is 0.0695 e. The van der Waals surface area contributed by atoms with Gasteiger partial charge < -0.3 is 5.11 Å². The van der Waals surface area contributed by atoms with Gasteiger partial charge in [-0.25, -0.2) is 0 Å². The number of hydrogen-bond donors (Lipinski definition) is 1. The molecule has 0 bridgehead atoms. The molecule has 1 aromatic rings. The van der Waals surface area contributed by atoms with Gasteiger partial charge in [-0.2, -0.15) is 0 Å². The van der Waals surface area contributed by atoms with Crippen LogP contribution in [-0.4, -0.2) is 5.11 Å². The van der Waals surface area contributed by atoms with Crippen LogP contribution in [0.1, 0.15) is 11.1 Å². The van der Waals surface area contributed by atoms with Crippen LogP contribution in [0.3, 0.4) is 0 Å². The Morgan fingerprint density at radius 1 is 1.45 bits per heavy atom. The van der Waals surface area contributed by atoms with Gasteiger partial charge in [-0.15, -0.1) is 11.6 Å². The van der Waals surface area contributed by atoms with E-state index in [1.165, 1.54) is 0 Å². The highest BCUT2D eigenvalue weighted by atomic mass is 79.9. The Kier molecular flexibility index (Phi) is 3.37. The van der Waals surface area contributed by atoms with Crippen LogP contribution < -0.4 is 0 Å². The maximum atomic E-state index is 8.94. The van der Waals surface area contributed by atoms with Crippen molar-refractivity contribution in [2.24, 2.45) is 0 Å². The molecule has 1 rings (SSSR count). The fraction of sp³-hybridized carbons (Fsp3) is 0.250. The Hall–Kier alpha value is -0.0500. The number of aliphatic hydroxyl groups excluding tert-OH is 1. The van der Waals surface area contributed by atoms with Crippen molar-refractivity contribution in [3.8, 4) is 0 Å². The molecule has 0 unspecified atom stereocenters.